The van der Waals surface area contributed by atoms with E-state index in [9.17, 15) is 14.0 Å². The second kappa shape index (κ2) is 6.60. The lowest BCUT2D eigenvalue weighted by molar-refractivity contribution is -0.119. The second-order valence-electron chi connectivity index (χ2n) is 5.49. The monoisotopic (exact) mass is 312 g/mol. The highest BCUT2D eigenvalue weighted by Gasteiger charge is 2.34. The zero-order valence-electron chi connectivity index (χ0n) is 12.5. The SMILES string of the molecule is O=C(Nc1ccccc1F)[C@H]1CCCN1C(=O)c1ccccc1. The maximum absolute atomic E-state index is 13.7. The minimum absolute atomic E-state index is 0.136. The third kappa shape index (κ3) is 3.23. The van der Waals surface area contributed by atoms with Crippen LogP contribution in [0.3, 0.4) is 0 Å². The number of carbonyl (C=O) groups excluding carboxylic acids is 2. The average Bonchev–Trinajstić information content (AvgIpc) is 3.07. The highest BCUT2D eigenvalue weighted by Crippen LogP contribution is 2.22. The van der Waals surface area contributed by atoms with Gasteiger partial charge in [0.1, 0.15) is 11.9 Å². The summed E-state index contributed by atoms with van der Waals surface area (Å²) < 4.78 is 13.7. The predicted octanol–water partition coefficient (Wildman–Crippen LogP) is 3.07. The fourth-order valence-corrected chi connectivity index (χ4v) is 2.81. The lowest BCUT2D eigenvalue weighted by Crippen LogP contribution is -2.43. The highest BCUT2D eigenvalue weighted by molar-refractivity contribution is 6.01. The Morgan fingerprint density at radius 1 is 1.04 bits per heavy atom. The number of anilines is 1. The van der Waals surface area contributed by atoms with E-state index in [0.29, 0.717) is 18.5 Å². The second-order valence-corrected chi connectivity index (χ2v) is 5.49. The molecule has 2 aromatic carbocycles. The third-order valence-corrected chi connectivity index (χ3v) is 3.97. The van der Waals surface area contributed by atoms with Crippen molar-refractivity contribution in [3.05, 3.63) is 66.0 Å². The number of likely N-dealkylation sites (tertiary alicyclic amines) is 1. The summed E-state index contributed by atoms with van der Waals surface area (Å²) in [5.41, 5.74) is 0.689. The quantitative estimate of drug-likeness (QED) is 0.947. The molecule has 2 amide bonds. The largest absolute Gasteiger partial charge is 0.327 e. The van der Waals surface area contributed by atoms with Crippen LogP contribution in [0, 0.1) is 5.82 Å². The standard InChI is InChI=1S/C18H17FN2O2/c19-14-9-4-5-10-15(14)20-17(22)16-11-6-12-21(16)18(23)13-7-2-1-3-8-13/h1-5,7-10,16H,6,11-12H2,(H,20,22)/t16-/m1/s1. The molecular weight excluding hydrogens is 295 g/mol. The summed E-state index contributed by atoms with van der Waals surface area (Å²) in [5.74, 6) is -1.01. The smallest absolute Gasteiger partial charge is 0.254 e. The summed E-state index contributed by atoms with van der Waals surface area (Å²) >= 11 is 0. The Morgan fingerprint density at radius 2 is 1.74 bits per heavy atom. The van der Waals surface area contributed by atoms with Crippen molar-refractivity contribution in [3.63, 3.8) is 0 Å². The number of hydrogen-bond donors (Lipinski definition) is 1. The van der Waals surface area contributed by atoms with Gasteiger partial charge in [0, 0.05) is 12.1 Å². The predicted molar refractivity (Wildman–Crippen MR) is 85.5 cm³/mol. The van der Waals surface area contributed by atoms with E-state index >= 15 is 0 Å². The van der Waals surface area contributed by atoms with Crippen molar-refractivity contribution in [1.82, 2.24) is 4.90 Å². The molecule has 0 unspecified atom stereocenters. The molecule has 1 aliphatic rings. The summed E-state index contributed by atoms with van der Waals surface area (Å²) in [7, 11) is 0. The molecule has 1 N–H and O–H groups in total. The molecule has 0 radical (unpaired) electrons. The normalized spacial score (nSPS) is 17.1. The van der Waals surface area contributed by atoms with Gasteiger partial charge < -0.3 is 10.2 Å². The van der Waals surface area contributed by atoms with Crippen molar-refractivity contribution in [2.75, 3.05) is 11.9 Å². The minimum atomic E-state index is -0.567. The first kappa shape index (κ1) is 15.2. The first-order valence-corrected chi connectivity index (χ1v) is 7.58. The van der Waals surface area contributed by atoms with Crippen LogP contribution in [0.1, 0.15) is 23.2 Å². The van der Waals surface area contributed by atoms with Gasteiger partial charge in [0.2, 0.25) is 5.91 Å². The number of nitrogens with one attached hydrogen (secondary N) is 1. The van der Waals surface area contributed by atoms with E-state index < -0.39 is 11.9 Å². The van der Waals surface area contributed by atoms with Gasteiger partial charge in [-0.2, -0.15) is 0 Å². The van der Waals surface area contributed by atoms with Crippen LogP contribution < -0.4 is 5.32 Å². The number of rotatable bonds is 3. The molecule has 5 heteroatoms. The van der Waals surface area contributed by atoms with E-state index in [-0.39, 0.29) is 17.5 Å². The van der Waals surface area contributed by atoms with Gasteiger partial charge in [0.15, 0.2) is 0 Å². The van der Waals surface area contributed by atoms with Crippen molar-refractivity contribution < 1.29 is 14.0 Å². The molecule has 0 spiro atoms. The first-order valence-electron chi connectivity index (χ1n) is 7.58. The third-order valence-electron chi connectivity index (χ3n) is 3.97. The fraction of sp³-hybridized carbons (Fsp3) is 0.222. The van der Waals surface area contributed by atoms with E-state index in [0.717, 1.165) is 6.42 Å². The number of halogens is 1. The molecule has 0 bridgehead atoms. The Bertz CT molecular complexity index is 718. The van der Waals surface area contributed by atoms with E-state index in [1.807, 2.05) is 6.07 Å². The van der Waals surface area contributed by atoms with Gasteiger partial charge in [-0.25, -0.2) is 4.39 Å². The van der Waals surface area contributed by atoms with Gasteiger partial charge in [-0.15, -0.1) is 0 Å². The van der Waals surface area contributed by atoms with Crippen LogP contribution in [0.5, 0.6) is 0 Å². The summed E-state index contributed by atoms with van der Waals surface area (Å²) in [6, 6.07) is 14.3. The van der Waals surface area contributed by atoms with E-state index in [4.69, 9.17) is 0 Å². The van der Waals surface area contributed by atoms with Crippen LogP contribution in [0.2, 0.25) is 0 Å². The Labute approximate surface area is 133 Å². The van der Waals surface area contributed by atoms with E-state index in [2.05, 4.69) is 5.32 Å². The molecule has 1 fully saturated rings. The molecule has 4 nitrogen and oxygen atoms in total. The number of hydrogen-bond acceptors (Lipinski definition) is 2. The molecule has 1 heterocycles. The van der Waals surface area contributed by atoms with Crippen LogP contribution in [-0.2, 0) is 4.79 Å². The molecule has 1 saturated heterocycles. The summed E-state index contributed by atoms with van der Waals surface area (Å²) in [6.07, 6.45) is 1.34. The zero-order chi connectivity index (χ0) is 16.2. The molecule has 2 aromatic rings. The van der Waals surface area contributed by atoms with Gasteiger partial charge in [0.25, 0.3) is 5.91 Å². The van der Waals surface area contributed by atoms with Crippen molar-refractivity contribution in [1.29, 1.82) is 0 Å². The maximum Gasteiger partial charge on any atom is 0.254 e. The Kier molecular flexibility index (Phi) is 4.37. The van der Waals surface area contributed by atoms with Crippen molar-refractivity contribution >= 4 is 17.5 Å². The summed E-state index contributed by atoms with van der Waals surface area (Å²) in [6.45, 7) is 0.531. The highest BCUT2D eigenvalue weighted by atomic mass is 19.1. The first-order chi connectivity index (χ1) is 11.2. The number of amides is 2. The van der Waals surface area contributed by atoms with E-state index in [1.54, 1.807) is 41.3 Å². The summed E-state index contributed by atoms with van der Waals surface area (Å²) in [4.78, 5) is 26.6. The van der Waals surface area contributed by atoms with Crippen LogP contribution in [0.15, 0.2) is 54.6 Å². The Hall–Kier alpha value is -2.69. The van der Waals surface area contributed by atoms with Gasteiger partial charge in [-0.05, 0) is 37.1 Å². The van der Waals surface area contributed by atoms with Crippen LogP contribution in [-0.4, -0.2) is 29.3 Å². The molecule has 0 aromatic heterocycles. The van der Waals surface area contributed by atoms with E-state index in [1.165, 1.54) is 12.1 Å². The fourth-order valence-electron chi connectivity index (χ4n) is 2.81. The van der Waals surface area contributed by atoms with Gasteiger partial charge in [-0.1, -0.05) is 30.3 Å². The van der Waals surface area contributed by atoms with Crippen molar-refractivity contribution in [2.24, 2.45) is 0 Å². The summed E-state index contributed by atoms with van der Waals surface area (Å²) in [5, 5.41) is 2.58. The number of carbonyl (C=O) groups is 2. The Morgan fingerprint density at radius 3 is 2.48 bits per heavy atom. The average molecular weight is 312 g/mol. The molecule has 0 saturated carbocycles. The van der Waals surface area contributed by atoms with Crippen molar-refractivity contribution in [3.8, 4) is 0 Å². The van der Waals surface area contributed by atoms with Gasteiger partial charge in [-0.3, -0.25) is 9.59 Å². The minimum Gasteiger partial charge on any atom is -0.327 e. The van der Waals surface area contributed by atoms with Crippen LogP contribution in [0.25, 0.3) is 0 Å². The molecule has 3 rings (SSSR count). The lowest BCUT2D eigenvalue weighted by atomic mass is 10.1. The molecule has 118 valence electrons. The molecule has 0 aliphatic carbocycles. The number of para-hydroxylation sites is 1. The number of benzene rings is 2. The van der Waals surface area contributed by atoms with Gasteiger partial charge in [0.05, 0.1) is 5.69 Å². The molecular formula is C18H17FN2O2. The zero-order valence-corrected chi connectivity index (χ0v) is 12.5. The maximum atomic E-state index is 13.7. The molecule has 1 atom stereocenters. The molecule has 23 heavy (non-hydrogen) atoms. The molecule has 1 aliphatic heterocycles. The van der Waals surface area contributed by atoms with Crippen LogP contribution >= 0.6 is 0 Å². The lowest BCUT2D eigenvalue weighted by Gasteiger charge is -2.24. The van der Waals surface area contributed by atoms with Crippen LogP contribution in [0.4, 0.5) is 10.1 Å². The Balaban J connectivity index is 1.75. The van der Waals surface area contributed by atoms with Crippen molar-refractivity contribution in [2.45, 2.75) is 18.9 Å². The van der Waals surface area contributed by atoms with Gasteiger partial charge >= 0.3 is 0 Å². The number of nitrogens with zero attached hydrogens (tertiary/aromatic N) is 1. The topological polar surface area (TPSA) is 49.4 Å².